The van der Waals surface area contributed by atoms with Gasteiger partial charge in [0.15, 0.2) is 5.15 Å². The highest BCUT2D eigenvalue weighted by atomic mass is 35.5. The molecule has 4 nitrogen and oxygen atoms in total. The summed E-state index contributed by atoms with van der Waals surface area (Å²) in [5.74, 6) is -0.226. The Morgan fingerprint density at radius 2 is 2.00 bits per heavy atom. The van der Waals surface area contributed by atoms with Crippen LogP contribution in [0.4, 0.5) is 11.4 Å². The molecule has 0 radical (unpaired) electrons. The molecule has 19 heavy (non-hydrogen) atoms. The van der Waals surface area contributed by atoms with Crippen molar-refractivity contribution >= 4 is 28.9 Å². The first kappa shape index (κ1) is 13.4. The summed E-state index contributed by atoms with van der Waals surface area (Å²) < 4.78 is 0. The number of aryl methyl sites for hydroxylation is 2. The molecule has 1 aromatic carbocycles. The lowest BCUT2D eigenvalue weighted by Crippen LogP contribution is -2.15. The lowest BCUT2D eigenvalue weighted by Gasteiger charge is -2.11. The molecule has 98 valence electrons. The molecule has 0 bridgehead atoms. The van der Waals surface area contributed by atoms with Crippen LogP contribution in [-0.2, 0) is 0 Å². The van der Waals surface area contributed by atoms with Crippen LogP contribution in [0.15, 0.2) is 30.5 Å². The molecule has 0 unspecified atom stereocenters. The minimum Gasteiger partial charge on any atom is -0.399 e. The van der Waals surface area contributed by atoms with Gasteiger partial charge in [0.2, 0.25) is 0 Å². The molecule has 0 aliphatic heterocycles. The van der Waals surface area contributed by atoms with Crippen molar-refractivity contribution in [3.05, 3.63) is 52.3 Å². The van der Waals surface area contributed by atoms with Crippen molar-refractivity contribution in [1.29, 1.82) is 0 Å². The first-order valence-electron chi connectivity index (χ1n) is 5.77. The minimum atomic E-state index is -0.226. The van der Waals surface area contributed by atoms with Crippen LogP contribution in [0.2, 0.25) is 5.15 Å². The summed E-state index contributed by atoms with van der Waals surface area (Å²) in [7, 11) is 0. The Morgan fingerprint density at radius 3 is 2.63 bits per heavy atom. The molecule has 0 atom stereocenters. The monoisotopic (exact) mass is 275 g/mol. The number of carbonyl (C=O) groups is 1. The van der Waals surface area contributed by atoms with Crippen molar-refractivity contribution in [3.63, 3.8) is 0 Å². The number of nitrogens with one attached hydrogen (secondary N) is 1. The molecule has 0 spiro atoms. The van der Waals surface area contributed by atoms with E-state index in [1.807, 2.05) is 13.8 Å². The van der Waals surface area contributed by atoms with E-state index in [9.17, 15) is 4.79 Å². The summed E-state index contributed by atoms with van der Waals surface area (Å²) in [6.07, 6.45) is 1.60. The SMILES string of the molecule is Cc1cc(N)ccc1C(=O)Nc1c(C)ccnc1Cl. The first-order valence-corrected chi connectivity index (χ1v) is 6.15. The summed E-state index contributed by atoms with van der Waals surface area (Å²) in [4.78, 5) is 16.2. The van der Waals surface area contributed by atoms with Gasteiger partial charge in [-0.1, -0.05) is 11.6 Å². The fourth-order valence-electron chi connectivity index (χ4n) is 1.80. The van der Waals surface area contributed by atoms with E-state index >= 15 is 0 Å². The van der Waals surface area contributed by atoms with E-state index in [0.717, 1.165) is 11.1 Å². The minimum absolute atomic E-state index is 0.226. The summed E-state index contributed by atoms with van der Waals surface area (Å²) >= 11 is 5.98. The number of rotatable bonds is 2. The Bertz CT molecular complexity index is 620. The number of carbonyl (C=O) groups excluding carboxylic acids is 1. The number of benzene rings is 1. The number of nitrogens with two attached hydrogens (primary N) is 1. The smallest absolute Gasteiger partial charge is 0.256 e. The van der Waals surface area contributed by atoms with Crippen LogP contribution >= 0.6 is 11.6 Å². The Hall–Kier alpha value is -2.07. The first-order chi connectivity index (χ1) is 8.99. The third-order valence-electron chi connectivity index (χ3n) is 2.85. The molecule has 5 heteroatoms. The van der Waals surface area contributed by atoms with Crippen LogP contribution in [0, 0.1) is 13.8 Å². The van der Waals surface area contributed by atoms with Gasteiger partial charge in [-0.15, -0.1) is 0 Å². The molecule has 2 rings (SSSR count). The predicted octanol–water partition coefficient (Wildman–Crippen LogP) is 3.19. The molecular weight excluding hydrogens is 262 g/mol. The van der Waals surface area contributed by atoms with Gasteiger partial charge in [0.25, 0.3) is 5.91 Å². The standard InChI is InChI=1S/C14H14ClN3O/c1-8-5-6-17-13(15)12(8)18-14(19)11-4-3-10(16)7-9(11)2/h3-7H,16H2,1-2H3,(H,18,19). The van der Waals surface area contributed by atoms with Crippen molar-refractivity contribution in [2.45, 2.75) is 13.8 Å². The van der Waals surface area contributed by atoms with Crippen LogP contribution in [-0.4, -0.2) is 10.9 Å². The zero-order valence-electron chi connectivity index (χ0n) is 10.7. The molecule has 1 aromatic heterocycles. The van der Waals surface area contributed by atoms with Gasteiger partial charge in [0, 0.05) is 17.4 Å². The Morgan fingerprint density at radius 1 is 1.26 bits per heavy atom. The van der Waals surface area contributed by atoms with Crippen LogP contribution in [0.25, 0.3) is 0 Å². The van der Waals surface area contributed by atoms with E-state index < -0.39 is 0 Å². The topological polar surface area (TPSA) is 68.0 Å². The maximum atomic E-state index is 12.2. The average Bonchev–Trinajstić information content (AvgIpc) is 2.33. The maximum Gasteiger partial charge on any atom is 0.256 e. The number of nitrogen functional groups attached to an aromatic ring is 1. The fraction of sp³-hybridized carbons (Fsp3) is 0.143. The highest BCUT2D eigenvalue weighted by molar-refractivity contribution is 6.32. The molecule has 0 aliphatic rings. The molecular formula is C14H14ClN3O. The van der Waals surface area contributed by atoms with Gasteiger partial charge in [-0.3, -0.25) is 4.79 Å². The molecule has 3 N–H and O–H groups in total. The quantitative estimate of drug-likeness (QED) is 0.653. The number of amides is 1. The third kappa shape index (κ3) is 2.85. The number of pyridine rings is 1. The van der Waals surface area contributed by atoms with Gasteiger partial charge >= 0.3 is 0 Å². The lowest BCUT2D eigenvalue weighted by atomic mass is 10.1. The van der Waals surface area contributed by atoms with Crippen molar-refractivity contribution in [2.24, 2.45) is 0 Å². The highest BCUT2D eigenvalue weighted by Gasteiger charge is 2.13. The highest BCUT2D eigenvalue weighted by Crippen LogP contribution is 2.24. The van der Waals surface area contributed by atoms with E-state index in [4.69, 9.17) is 17.3 Å². The molecule has 0 saturated carbocycles. The number of aromatic nitrogens is 1. The third-order valence-corrected chi connectivity index (χ3v) is 3.13. The van der Waals surface area contributed by atoms with Crippen LogP contribution < -0.4 is 11.1 Å². The van der Waals surface area contributed by atoms with E-state index in [1.54, 1.807) is 30.5 Å². The number of halogens is 1. The van der Waals surface area contributed by atoms with E-state index in [1.165, 1.54) is 0 Å². The number of nitrogens with zero attached hydrogens (tertiary/aromatic N) is 1. The molecule has 0 aliphatic carbocycles. The summed E-state index contributed by atoms with van der Waals surface area (Å²) in [5.41, 5.74) is 9.07. The van der Waals surface area contributed by atoms with E-state index in [-0.39, 0.29) is 11.1 Å². The fourth-order valence-corrected chi connectivity index (χ4v) is 2.05. The predicted molar refractivity (Wildman–Crippen MR) is 77.5 cm³/mol. The van der Waals surface area contributed by atoms with E-state index in [0.29, 0.717) is 16.9 Å². The second-order valence-electron chi connectivity index (χ2n) is 4.32. The summed E-state index contributed by atoms with van der Waals surface area (Å²) in [6, 6.07) is 6.93. The van der Waals surface area contributed by atoms with Crippen LogP contribution in [0.3, 0.4) is 0 Å². The second-order valence-corrected chi connectivity index (χ2v) is 4.68. The van der Waals surface area contributed by atoms with E-state index in [2.05, 4.69) is 10.3 Å². The van der Waals surface area contributed by atoms with Crippen molar-refractivity contribution < 1.29 is 4.79 Å². The van der Waals surface area contributed by atoms with Gasteiger partial charge in [0.1, 0.15) is 0 Å². The largest absolute Gasteiger partial charge is 0.399 e. The lowest BCUT2D eigenvalue weighted by molar-refractivity contribution is 0.102. The average molecular weight is 276 g/mol. The van der Waals surface area contributed by atoms with Gasteiger partial charge < -0.3 is 11.1 Å². The second kappa shape index (κ2) is 5.28. The van der Waals surface area contributed by atoms with Crippen molar-refractivity contribution in [1.82, 2.24) is 4.98 Å². The Balaban J connectivity index is 2.31. The van der Waals surface area contributed by atoms with Gasteiger partial charge in [-0.05, 0) is 49.2 Å². The molecule has 0 saturated heterocycles. The molecule has 2 aromatic rings. The maximum absolute atomic E-state index is 12.2. The van der Waals surface area contributed by atoms with Gasteiger partial charge in [0.05, 0.1) is 5.69 Å². The van der Waals surface area contributed by atoms with Crippen LogP contribution in [0.5, 0.6) is 0 Å². The van der Waals surface area contributed by atoms with Crippen LogP contribution in [0.1, 0.15) is 21.5 Å². The number of anilines is 2. The normalized spacial score (nSPS) is 10.3. The summed E-state index contributed by atoms with van der Waals surface area (Å²) in [5, 5.41) is 3.06. The Labute approximate surface area is 116 Å². The van der Waals surface area contributed by atoms with Crippen molar-refractivity contribution in [3.8, 4) is 0 Å². The molecule has 1 heterocycles. The zero-order chi connectivity index (χ0) is 14.0. The number of hydrogen-bond donors (Lipinski definition) is 2. The van der Waals surface area contributed by atoms with Gasteiger partial charge in [-0.2, -0.15) is 0 Å². The zero-order valence-corrected chi connectivity index (χ0v) is 11.5. The summed E-state index contributed by atoms with van der Waals surface area (Å²) in [6.45, 7) is 3.70. The number of hydrogen-bond acceptors (Lipinski definition) is 3. The van der Waals surface area contributed by atoms with Gasteiger partial charge in [-0.25, -0.2) is 4.98 Å². The van der Waals surface area contributed by atoms with Crippen molar-refractivity contribution in [2.75, 3.05) is 11.1 Å². The molecule has 0 fully saturated rings. The molecule has 1 amide bonds. The Kier molecular flexibility index (Phi) is 3.71.